The molecule has 0 radical (unpaired) electrons. The molecule has 0 amide bonds. The van der Waals surface area contributed by atoms with Gasteiger partial charge in [-0.15, -0.1) is 0 Å². The molecule has 0 bridgehead atoms. The molecule has 0 rings (SSSR count). The summed E-state index contributed by atoms with van der Waals surface area (Å²) in [5.41, 5.74) is 5.61. The zero-order valence-electron chi connectivity index (χ0n) is 3.52. The van der Waals surface area contributed by atoms with E-state index < -0.39 is 0 Å². The van der Waals surface area contributed by atoms with Gasteiger partial charge in [-0.3, -0.25) is 0 Å². The first kappa shape index (κ1) is 7.64. The molecule has 0 aliphatic rings. The first-order valence-corrected chi connectivity index (χ1v) is 5.76. The van der Waals surface area contributed by atoms with Crippen LogP contribution in [0, 0.1) is 0 Å². The van der Waals surface area contributed by atoms with E-state index in [0.717, 1.165) is 0 Å². The Morgan fingerprint density at radius 3 is 1.67 bits per heavy atom. The van der Waals surface area contributed by atoms with Crippen molar-refractivity contribution in [1.82, 2.24) is 0 Å². The van der Waals surface area contributed by atoms with Gasteiger partial charge in [0, 0.05) is 0 Å². The van der Waals surface area contributed by atoms with E-state index in [1.807, 2.05) is 0 Å². The van der Waals surface area contributed by atoms with Gasteiger partial charge in [0.1, 0.15) is 0 Å². The van der Waals surface area contributed by atoms with Crippen molar-refractivity contribution in [2.45, 2.75) is 8.32 Å². The topological polar surface area (TPSA) is 26.0 Å². The van der Waals surface area contributed by atoms with Gasteiger partial charge in [-0.25, -0.2) is 0 Å². The van der Waals surface area contributed by atoms with Gasteiger partial charge in [0.25, 0.3) is 0 Å². The van der Waals surface area contributed by atoms with Crippen molar-refractivity contribution in [3.63, 3.8) is 0 Å². The molecule has 0 heterocycles. The summed E-state index contributed by atoms with van der Waals surface area (Å²) >= 11 is 5.03. The predicted octanol–water partition coefficient (Wildman–Crippen LogP) is -3.08. The molecule has 0 saturated carbocycles. The van der Waals surface area contributed by atoms with E-state index in [1.165, 1.54) is 5.21 Å². The van der Waals surface area contributed by atoms with Crippen LogP contribution in [0.2, 0.25) is 5.21 Å². The Bertz CT molecular complexity index is 38.5. The van der Waals surface area contributed by atoms with Crippen LogP contribution in [-0.4, -0.2) is 53.7 Å². The Morgan fingerprint density at radius 1 is 1.50 bits per heavy atom. The van der Waals surface area contributed by atoms with Crippen molar-refractivity contribution in [2.24, 2.45) is 5.73 Å². The molecule has 1 nitrogen and oxygen atoms in total. The molecule has 0 aliphatic heterocycles. The molecule has 0 spiro atoms. The molecule has 0 aliphatic carbocycles. The van der Waals surface area contributed by atoms with Crippen LogP contribution in [0.4, 0.5) is 0 Å². The average Bonchev–Trinajstić information content (AvgIpc) is 1.35. The number of hydrogen-bond acceptors (Lipinski definition) is 1. The standard InChI is InChI=1S/C2H10As3N/c3-1-2(4,5)6/h1,3-6H2. The van der Waals surface area contributed by atoms with Gasteiger partial charge in [0.15, 0.2) is 0 Å². The summed E-state index contributed by atoms with van der Waals surface area (Å²) in [7, 11) is 0. The van der Waals surface area contributed by atoms with Gasteiger partial charge >= 0.3 is 64.6 Å². The molecule has 38 valence electrons. The van der Waals surface area contributed by atoms with Crippen LogP contribution in [0.1, 0.15) is 0 Å². The van der Waals surface area contributed by atoms with Crippen LogP contribution in [0.3, 0.4) is 0 Å². The fraction of sp³-hybridized carbons (Fsp3) is 1.00. The van der Waals surface area contributed by atoms with Crippen LogP contribution >= 0.6 is 0 Å². The average molecular weight is 273 g/mol. The molecule has 0 saturated heterocycles. The van der Waals surface area contributed by atoms with E-state index in [4.69, 9.17) is 5.73 Å². The molecule has 0 aromatic heterocycles. The Hall–Kier alpha value is 1.64. The van der Waals surface area contributed by atoms with Crippen molar-refractivity contribution in [3.05, 3.63) is 0 Å². The summed E-state index contributed by atoms with van der Waals surface area (Å²) in [6, 6.07) is 0. The normalized spacial score (nSPS) is 12.0. The van der Waals surface area contributed by atoms with Crippen LogP contribution < -0.4 is 5.73 Å². The third kappa shape index (κ3) is 5.64. The van der Waals surface area contributed by atoms with E-state index in [-0.39, 0.29) is 3.11 Å². The van der Waals surface area contributed by atoms with Crippen LogP contribution in [-0.2, 0) is 0 Å². The van der Waals surface area contributed by atoms with Crippen molar-refractivity contribution in [1.29, 1.82) is 0 Å². The third-order valence-corrected chi connectivity index (χ3v) is 6.98. The Balaban J connectivity index is 3.17. The summed E-state index contributed by atoms with van der Waals surface area (Å²) in [5.74, 6) is 0. The van der Waals surface area contributed by atoms with E-state index in [2.05, 4.69) is 0 Å². The molecule has 0 aromatic rings. The molecule has 0 aromatic carbocycles. The molecule has 4 heteroatoms. The van der Waals surface area contributed by atoms with Crippen molar-refractivity contribution in [3.8, 4) is 0 Å². The summed E-state index contributed by atoms with van der Waals surface area (Å²) in [6.07, 6.45) is 0. The maximum atomic E-state index is 5.61. The minimum atomic E-state index is 0.194. The minimum absolute atomic E-state index is 0.194. The zero-order valence-corrected chi connectivity index (χ0v) is 10.8. The predicted molar refractivity (Wildman–Crippen MR) is 37.4 cm³/mol. The Kier molecular flexibility index (Phi) is 3.60. The number of nitrogens with two attached hydrogens (primary N) is 1. The first-order valence-electron chi connectivity index (χ1n) is 1.63. The fourth-order valence-corrected chi connectivity index (χ4v) is 0. The van der Waals surface area contributed by atoms with E-state index >= 15 is 0 Å². The first-order chi connectivity index (χ1) is 2.56. The van der Waals surface area contributed by atoms with Gasteiger partial charge in [0.2, 0.25) is 0 Å². The molecular formula is C2H10As3N. The summed E-state index contributed by atoms with van der Waals surface area (Å²) in [4.78, 5) is 0. The van der Waals surface area contributed by atoms with Crippen LogP contribution in [0.15, 0.2) is 0 Å². The van der Waals surface area contributed by atoms with E-state index in [1.54, 1.807) is 50.6 Å². The molecular weight excluding hydrogens is 263 g/mol. The van der Waals surface area contributed by atoms with Gasteiger partial charge in [0.05, 0.1) is 0 Å². The van der Waals surface area contributed by atoms with Gasteiger partial charge in [-0.2, -0.15) is 0 Å². The molecule has 6 heavy (non-hydrogen) atoms. The maximum absolute atomic E-state index is 5.61. The summed E-state index contributed by atoms with van der Waals surface area (Å²) < 4.78 is 0.194. The SMILES string of the molecule is NC([AsH2])([AsH2])C[AsH2]. The van der Waals surface area contributed by atoms with Crippen LogP contribution in [0.5, 0.6) is 0 Å². The summed E-state index contributed by atoms with van der Waals surface area (Å²) in [6.45, 7) is 0. The van der Waals surface area contributed by atoms with E-state index in [0.29, 0.717) is 0 Å². The number of rotatable bonds is 1. The molecule has 2 N–H and O–H groups in total. The fourth-order valence-electron chi connectivity index (χ4n) is 0. The molecule has 3 unspecified atom stereocenters. The quantitative estimate of drug-likeness (QED) is 0.504. The van der Waals surface area contributed by atoms with Gasteiger partial charge in [-0.1, -0.05) is 0 Å². The third-order valence-electron chi connectivity index (χ3n) is 0.354. The monoisotopic (exact) mass is 273 g/mol. The van der Waals surface area contributed by atoms with Gasteiger partial charge in [-0.05, 0) is 0 Å². The second kappa shape index (κ2) is 2.83. The second-order valence-corrected chi connectivity index (χ2v) is 9.62. The Morgan fingerprint density at radius 2 is 1.67 bits per heavy atom. The van der Waals surface area contributed by atoms with Crippen molar-refractivity contribution in [2.75, 3.05) is 0 Å². The van der Waals surface area contributed by atoms with Crippen molar-refractivity contribution < 1.29 is 0 Å². The van der Waals surface area contributed by atoms with Crippen molar-refractivity contribution >= 4 is 50.6 Å². The molecule has 0 fully saturated rings. The van der Waals surface area contributed by atoms with Gasteiger partial charge < -0.3 is 0 Å². The van der Waals surface area contributed by atoms with E-state index in [9.17, 15) is 0 Å². The Labute approximate surface area is 64.3 Å². The molecule has 3 atom stereocenters. The zero-order chi connectivity index (χ0) is 5.21. The number of hydrogen-bond donors (Lipinski definition) is 1. The summed E-state index contributed by atoms with van der Waals surface area (Å²) in [5, 5.41) is 1.17. The second-order valence-electron chi connectivity index (χ2n) is 1.32. The van der Waals surface area contributed by atoms with Crippen LogP contribution in [0.25, 0.3) is 0 Å².